The van der Waals surface area contributed by atoms with Crippen molar-refractivity contribution in [3.63, 3.8) is 0 Å². The van der Waals surface area contributed by atoms with Crippen molar-refractivity contribution in [1.29, 1.82) is 0 Å². The van der Waals surface area contributed by atoms with Gasteiger partial charge < -0.3 is 4.74 Å². The molecule has 27 heavy (non-hydrogen) atoms. The van der Waals surface area contributed by atoms with Crippen molar-refractivity contribution in [2.45, 2.75) is 39.1 Å². The maximum Gasteiger partial charge on any atom is 0.431 e. The Labute approximate surface area is 156 Å². The van der Waals surface area contributed by atoms with E-state index in [1.165, 1.54) is 15.1 Å². The molecule has 0 unspecified atom stereocenters. The van der Waals surface area contributed by atoms with Gasteiger partial charge in [0.25, 0.3) is 5.91 Å². The molecule has 4 aliphatic heterocycles. The number of carbonyl (C=O) groups excluding carboxylic acids is 3. The van der Waals surface area contributed by atoms with Gasteiger partial charge in [0.05, 0.1) is 18.6 Å². The van der Waals surface area contributed by atoms with Crippen molar-refractivity contribution in [2.75, 3.05) is 6.61 Å². The summed E-state index contributed by atoms with van der Waals surface area (Å²) >= 11 is 0. The number of benzene rings is 1. The van der Waals surface area contributed by atoms with E-state index >= 15 is 0 Å². The summed E-state index contributed by atoms with van der Waals surface area (Å²) in [5, 5.41) is 3.86. The Balaban J connectivity index is 1.75. The van der Waals surface area contributed by atoms with Gasteiger partial charge in [0.2, 0.25) is 12.1 Å². The summed E-state index contributed by atoms with van der Waals surface area (Å²) in [5.41, 5.74) is 1.35. The summed E-state index contributed by atoms with van der Waals surface area (Å²) in [4.78, 5) is 44.0. The van der Waals surface area contributed by atoms with Crippen molar-refractivity contribution in [2.24, 2.45) is 5.92 Å². The number of amides is 3. The highest BCUT2D eigenvalue weighted by atomic mass is 16.7. The highest BCUT2D eigenvalue weighted by Crippen LogP contribution is 2.43. The quantitative estimate of drug-likeness (QED) is 0.586. The zero-order chi connectivity index (χ0) is 19.3. The smallest absolute Gasteiger partial charge is 0.431 e. The molecule has 142 valence electrons. The Morgan fingerprint density at radius 3 is 2.59 bits per heavy atom. The number of carbonyl (C=O) groups is 3. The highest BCUT2D eigenvalue weighted by Gasteiger charge is 2.61. The van der Waals surface area contributed by atoms with Gasteiger partial charge in [-0.2, -0.15) is 5.01 Å². The van der Waals surface area contributed by atoms with Gasteiger partial charge in [-0.3, -0.25) is 9.59 Å². The van der Waals surface area contributed by atoms with E-state index in [2.05, 4.69) is 0 Å². The molecule has 0 spiro atoms. The van der Waals surface area contributed by atoms with E-state index in [-0.39, 0.29) is 24.3 Å². The molecular formula is C19H21N3O5. The molecule has 1 aromatic rings. The van der Waals surface area contributed by atoms with Crippen LogP contribution < -0.4 is 0 Å². The number of ether oxygens (including phenoxy) is 1. The second-order valence-electron chi connectivity index (χ2n) is 6.85. The summed E-state index contributed by atoms with van der Waals surface area (Å²) in [6.07, 6.45) is 0.162. The van der Waals surface area contributed by atoms with Gasteiger partial charge in [0, 0.05) is 5.56 Å². The Morgan fingerprint density at radius 2 is 1.93 bits per heavy atom. The van der Waals surface area contributed by atoms with E-state index in [4.69, 9.17) is 9.57 Å². The Kier molecular flexibility index (Phi) is 4.15. The molecular weight excluding hydrogens is 350 g/mol. The van der Waals surface area contributed by atoms with Crippen molar-refractivity contribution in [3.05, 3.63) is 47.5 Å². The Bertz CT molecular complexity index is 824. The lowest BCUT2D eigenvalue weighted by atomic mass is 9.82. The SMILES string of the molecule is CCOC(=O)N1[C@@H]2C=C(C)[C@H]([C@@H]3[C@@H](C)C(=O)N31)N(C(=O)c1ccccc1)O2. The minimum atomic E-state index is -0.922. The van der Waals surface area contributed by atoms with Gasteiger partial charge in [-0.25, -0.2) is 19.7 Å². The van der Waals surface area contributed by atoms with Gasteiger partial charge in [-0.15, -0.1) is 0 Å². The van der Waals surface area contributed by atoms with Crippen molar-refractivity contribution >= 4 is 17.9 Å². The molecule has 5 rings (SSSR count). The lowest BCUT2D eigenvalue weighted by Gasteiger charge is -2.50. The van der Waals surface area contributed by atoms with E-state index in [1.807, 2.05) is 13.0 Å². The van der Waals surface area contributed by atoms with E-state index in [9.17, 15) is 14.4 Å². The Hall–Kier alpha value is -2.87. The number of fused-ring (bicyclic) bond motifs is 1. The lowest BCUT2D eigenvalue weighted by Crippen LogP contribution is -2.71. The van der Waals surface area contributed by atoms with E-state index in [0.29, 0.717) is 5.56 Å². The molecule has 0 N–H and O–H groups in total. The van der Waals surface area contributed by atoms with Crippen molar-refractivity contribution in [1.82, 2.24) is 15.1 Å². The molecule has 2 saturated heterocycles. The molecule has 4 heterocycles. The van der Waals surface area contributed by atoms with Crippen LogP contribution in [0.5, 0.6) is 0 Å². The summed E-state index contributed by atoms with van der Waals surface area (Å²) in [6.45, 7) is 5.54. The summed E-state index contributed by atoms with van der Waals surface area (Å²) in [5.74, 6) is -0.846. The summed E-state index contributed by atoms with van der Waals surface area (Å²) in [6, 6.07) is 7.93. The van der Waals surface area contributed by atoms with Crippen LogP contribution in [0.3, 0.4) is 0 Å². The number of rotatable bonds is 2. The van der Waals surface area contributed by atoms with Gasteiger partial charge in [0.15, 0.2) is 0 Å². The first-order valence-corrected chi connectivity index (χ1v) is 8.98. The molecule has 0 aliphatic carbocycles. The van der Waals surface area contributed by atoms with E-state index < -0.39 is 24.4 Å². The zero-order valence-corrected chi connectivity index (χ0v) is 15.4. The predicted octanol–water partition coefficient (Wildman–Crippen LogP) is 1.95. The number of β-lactam (4-membered cyclic amide) rings is 1. The van der Waals surface area contributed by atoms with E-state index in [1.54, 1.807) is 44.2 Å². The van der Waals surface area contributed by atoms with E-state index in [0.717, 1.165) is 5.57 Å². The second-order valence-corrected chi connectivity index (χ2v) is 6.85. The summed E-state index contributed by atoms with van der Waals surface area (Å²) < 4.78 is 5.12. The number of hydrazine groups is 1. The molecule has 4 atom stereocenters. The maximum absolute atomic E-state index is 13.1. The topological polar surface area (TPSA) is 79.4 Å². The van der Waals surface area contributed by atoms with Crippen LogP contribution in [0.4, 0.5) is 4.79 Å². The third kappa shape index (κ3) is 2.51. The Morgan fingerprint density at radius 1 is 1.22 bits per heavy atom. The summed E-state index contributed by atoms with van der Waals surface area (Å²) in [7, 11) is 0. The predicted molar refractivity (Wildman–Crippen MR) is 93.7 cm³/mol. The standard InChI is InChI=1S/C19H21N3O5/c1-4-26-19(25)20-14-10-11(2)15(16-12(3)17(23)21(16)20)22(27-14)18(24)13-8-6-5-7-9-13/h5-10,12,14-16H,4H2,1-3H3/t12-,14+,15-,16+/m1/s1. The maximum atomic E-state index is 13.1. The average Bonchev–Trinajstić information content (AvgIpc) is 2.88. The van der Waals surface area contributed by atoms with Crippen LogP contribution >= 0.6 is 0 Å². The molecule has 0 saturated carbocycles. The fraction of sp³-hybridized carbons (Fsp3) is 0.421. The van der Waals surface area contributed by atoms with Gasteiger partial charge in [0.1, 0.15) is 6.04 Å². The average molecular weight is 371 g/mol. The molecule has 2 bridgehead atoms. The third-order valence-corrected chi connectivity index (χ3v) is 5.23. The van der Waals surface area contributed by atoms with Crippen LogP contribution in [0.1, 0.15) is 31.1 Å². The van der Waals surface area contributed by atoms with Crippen LogP contribution in [0, 0.1) is 5.92 Å². The monoisotopic (exact) mass is 371 g/mol. The minimum Gasteiger partial charge on any atom is -0.448 e. The van der Waals surface area contributed by atoms with Crippen LogP contribution in [-0.4, -0.2) is 57.9 Å². The number of hydrogen-bond acceptors (Lipinski definition) is 5. The number of hydrogen-bond donors (Lipinski definition) is 0. The minimum absolute atomic E-state index is 0.170. The molecule has 4 aliphatic rings. The first kappa shape index (κ1) is 17.5. The van der Waals surface area contributed by atoms with Crippen LogP contribution in [0.15, 0.2) is 42.0 Å². The molecule has 8 heteroatoms. The van der Waals surface area contributed by atoms with Gasteiger partial charge >= 0.3 is 6.09 Å². The lowest BCUT2D eigenvalue weighted by molar-refractivity contribution is -0.213. The fourth-order valence-electron chi connectivity index (χ4n) is 3.92. The highest BCUT2D eigenvalue weighted by molar-refractivity contribution is 5.95. The largest absolute Gasteiger partial charge is 0.448 e. The molecule has 3 amide bonds. The number of nitrogens with zero attached hydrogens (tertiary/aromatic N) is 3. The van der Waals surface area contributed by atoms with Crippen molar-refractivity contribution < 1.29 is 24.0 Å². The zero-order valence-electron chi connectivity index (χ0n) is 15.4. The normalized spacial score (nSPS) is 28.9. The first-order chi connectivity index (χ1) is 13.0. The number of hydroxylamine groups is 2. The van der Waals surface area contributed by atoms with Gasteiger partial charge in [-0.1, -0.05) is 25.1 Å². The molecule has 0 aromatic heterocycles. The second kappa shape index (κ2) is 6.38. The third-order valence-electron chi connectivity index (χ3n) is 5.23. The molecule has 1 aromatic carbocycles. The molecule has 8 nitrogen and oxygen atoms in total. The van der Waals surface area contributed by atoms with Gasteiger partial charge in [-0.05, 0) is 37.6 Å². The van der Waals surface area contributed by atoms with Crippen LogP contribution in [0.2, 0.25) is 0 Å². The fourth-order valence-corrected chi connectivity index (χ4v) is 3.92. The molecule has 2 fully saturated rings. The first-order valence-electron chi connectivity index (χ1n) is 8.98. The molecule has 0 radical (unpaired) electrons. The van der Waals surface area contributed by atoms with Crippen molar-refractivity contribution in [3.8, 4) is 0 Å². The van der Waals surface area contributed by atoms with Crippen LogP contribution in [0.25, 0.3) is 0 Å². The van der Waals surface area contributed by atoms with Crippen LogP contribution in [-0.2, 0) is 14.4 Å².